The van der Waals surface area contributed by atoms with Crippen molar-refractivity contribution in [1.82, 2.24) is 0 Å². The average Bonchev–Trinajstić information content (AvgIpc) is 1.88. The zero-order chi connectivity index (χ0) is 9.02. The van der Waals surface area contributed by atoms with Crippen LogP contribution in [-0.2, 0) is 4.79 Å². The van der Waals surface area contributed by atoms with E-state index in [0.29, 0.717) is 5.92 Å². The standard InChI is InChI=1S/C8H17NO2/c1-4-6(5(2)3)7(9)8(10)11/h5-7H,4,9H2,1-3H3,(H,10,11)/t6?,7-/m0/s1. The molecule has 0 aliphatic carbocycles. The third-order valence-corrected chi connectivity index (χ3v) is 2.07. The highest BCUT2D eigenvalue weighted by molar-refractivity contribution is 5.73. The molecular weight excluding hydrogens is 142 g/mol. The maximum atomic E-state index is 10.5. The molecule has 0 saturated carbocycles. The Morgan fingerprint density at radius 1 is 1.55 bits per heavy atom. The number of aliphatic carboxylic acids is 1. The summed E-state index contributed by atoms with van der Waals surface area (Å²) in [5.74, 6) is -0.468. The number of carboxylic acids is 1. The van der Waals surface area contributed by atoms with Crippen LogP contribution in [0.25, 0.3) is 0 Å². The quantitative estimate of drug-likeness (QED) is 0.645. The second-order valence-corrected chi connectivity index (χ2v) is 3.18. The van der Waals surface area contributed by atoms with Crippen LogP contribution in [-0.4, -0.2) is 17.1 Å². The Labute approximate surface area is 67.6 Å². The molecule has 0 fully saturated rings. The first-order chi connectivity index (χ1) is 5.00. The molecular formula is C8H17NO2. The summed E-state index contributed by atoms with van der Waals surface area (Å²) < 4.78 is 0. The van der Waals surface area contributed by atoms with E-state index in [2.05, 4.69) is 0 Å². The average molecular weight is 159 g/mol. The van der Waals surface area contributed by atoms with Crippen molar-refractivity contribution >= 4 is 5.97 Å². The first kappa shape index (κ1) is 10.4. The van der Waals surface area contributed by atoms with Gasteiger partial charge < -0.3 is 10.8 Å². The summed E-state index contributed by atoms with van der Waals surface area (Å²) in [6, 6.07) is -0.708. The largest absolute Gasteiger partial charge is 0.480 e. The van der Waals surface area contributed by atoms with Crippen LogP contribution >= 0.6 is 0 Å². The lowest BCUT2D eigenvalue weighted by Gasteiger charge is -2.22. The number of nitrogens with two attached hydrogens (primary N) is 1. The van der Waals surface area contributed by atoms with Crippen LogP contribution in [0.5, 0.6) is 0 Å². The third kappa shape index (κ3) is 2.89. The Morgan fingerprint density at radius 3 is 2.09 bits per heavy atom. The molecule has 0 radical (unpaired) electrons. The SMILES string of the molecule is CCC(C(C)C)[C@H](N)C(=O)O. The highest BCUT2D eigenvalue weighted by Crippen LogP contribution is 2.17. The zero-order valence-electron chi connectivity index (χ0n) is 7.37. The summed E-state index contributed by atoms with van der Waals surface area (Å²) >= 11 is 0. The maximum absolute atomic E-state index is 10.5. The van der Waals surface area contributed by atoms with Crippen LogP contribution in [0, 0.1) is 11.8 Å². The summed E-state index contributed by atoms with van der Waals surface area (Å²) in [5, 5.41) is 8.61. The highest BCUT2D eigenvalue weighted by atomic mass is 16.4. The van der Waals surface area contributed by atoms with E-state index in [1.807, 2.05) is 20.8 Å². The van der Waals surface area contributed by atoms with Crippen LogP contribution in [0.2, 0.25) is 0 Å². The van der Waals surface area contributed by atoms with Crippen LogP contribution in [0.4, 0.5) is 0 Å². The second-order valence-electron chi connectivity index (χ2n) is 3.18. The van der Waals surface area contributed by atoms with Crippen LogP contribution in [0.1, 0.15) is 27.2 Å². The molecule has 0 spiro atoms. The zero-order valence-corrected chi connectivity index (χ0v) is 7.37. The molecule has 3 N–H and O–H groups in total. The molecule has 0 rings (SSSR count). The van der Waals surface area contributed by atoms with Crippen LogP contribution in [0.15, 0.2) is 0 Å². The third-order valence-electron chi connectivity index (χ3n) is 2.07. The van der Waals surface area contributed by atoms with E-state index in [1.165, 1.54) is 0 Å². The lowest BCUT2D eigenvalue weighted by molar-refractivity contribution is -0.140. The number of rotatable bonds is 4. The Bertz CT molecular complexity index is 134. The van der Waals surface area contributed by atoms with Gasteiger partial charge in [-0.25, -0.2) is 0 Å². The van der Waals surface area contributed by atoms with E-state index in [1.54, 1.807) is 0 Å². The summed E-state index contributed by atoms with van der Waals surface area (Å²) in [7, 11) is 0. The lowest BCUT2D eigenvalue weighted by atomic mass is 9.87. The van der Waals surface area contributed by atoms with Crippen molar-refractivity contribution in [3.8, 4) is 0 Å². The molecule has 3 nitrogen and oxygen atoms in total. The van der Waals surface area contributed by atoms with E-state index < -0.39 is 12.0 Å². The molecule has 2 atom stereocenters. The fraction of sp³-hybridized carbons (Fsp3) is 0.875. The van der Waals surface area contributed by atoms with Gasteiger partial charge >= 0.3 is 5.97 Å². The van der Waals surface area contributed by atoms with Gasteiger partial charge in [-0.2, -0.15) is 0 Å². The van der Waals surface area contributed by atoms with Crippen molar-refractivity contribution < 1.29 is 9.90 Å². The molecule has 0 aromatic rings. The van der Waals surface area contributed by atoms with Gasteiger partial charge in [-0.3, -0.25) is 4.79 Å². The van der Waals surface area contributed by atoms with Crippen molar-refractivity contribution in [2.45, 2.75) is 33.2 Å². The maximum Gasteiger partial charge on any atom is 0.320 e. The Kier molecular flexibility index (Phi) is 4.11. The minimum Gasteiger partial charge on any atom is -0.480 e. The van der Waals surface area contributed by atoms with Crippen molar-refractivity contribution in [3.63, 3.8) is 0 Å². The van der Waals surface area contributed by atoms with Crippen molar-refractivity contribution in [2.75, 3.05) is 0 Å². The van der Waals surface area contributed by atoms with E-state index in [0.717, 1.165) is 6.42 Å². The molecule has 0 amide bonds. The predicted molar refractivity (Wildman–Crippen MR) is 44.2 cm³/mol. The van der Waals surface area contributed by atoms with E-state index >= 15 is 0 Å². The molecule has 11 heavy (non-hydrogen) atoms. The summed E-state index contributed by atoms with van der Waals surface area (Å²) in [5.41, 5.74) is 5.47. The van der Waals surface area contributed by atoms with Gasteiger partial charge in [-0.15, -0.1) is 0 Å². The Morgan fingerprint density at radius 2 is 2.00 bits per heavy atom. The molecule has 0 aliphatic heterocycles. The van der Waals surface area contributed by atoms with Crippen LogP contribution < -0.4 is 5.73 Å². The Hall–Kier alpha value is -0.570. The van der Waals surface area contributed by atoms with Gasteiger partial charge in [0, 0.05) is 0 Å². The highest BCUT2D eigenvalue weighted by Gasteiger charge is 2.24. The van der Waals surface area contributed by atoms with Crippen molar-refractivity contribution in [3.05, 3.63) is 0 Å². The molecule has 0 bridgehead atoms. The van der Waals surface area contributed by atoms with Crippen molar-refractivity contribution in [1.29, 1.82) is 0 Å². The van der Waals surface area contributed by atoms with Gasteiger partial charge in [-0.1, -0.05) is 27.2 Å². The molecule has 0 aromatic carbocycles. The number of hydrogen-bond acceptors (Lipinski definition) is 2. The molecule has 0 saturated heterocycles. The van der Waals surface area contributed by atoms with Gasteiger partial charge in [0.1, 0.15) is 6.04 Å². The summed E-state index contributed by atoms with van der Waals surface area (Å²) in [6.07, 6.45) is 0.825. The number of carbonyl (C=O) groups is 1. The van der Waals surface area contributed by atoms with Gasteiger partial charge in [0.25, 0.3) is 0 Å². The van der Waals surface area contributed by atoms with Gasteiger partial charge in [0.2, 0.25) is 0 Å². The van der Waals surface area contributed by atoms with E-state index in [9.17, 15) is 4.79 Å². The normalized spacial score (nSPS) is 16.5. The summed E-state index contributed by atoms with van der Waals surface area (Å²) in [6.45, 7) is 5.96. The first-order valence-corrected chi connectivity index (χ1v) is 3.99. The predicted octanol–water partition coefficient (Wildman–Crippen LogP) is 1.08. The van der Waals surface area contributed by atoms with Gasteiger partial charge in [0.05, 0.1) is 0 Å². The number of carboxylic acid groups (broad SMARTS) is 1. The van der Waals surface area contributed by atoms with Crippen LogP contribution in [0.3, 0.4) is 0 Å². The smallest absolute Gasteiger partial charge is 0.320 e. The number of hydrogen-bond donors (Lipinski definition) is 2. The first-order valence-electron chi connectivity index (χ1n) is 3.99. The van der Waals surface area contributed by atoms with Gasteiger partial charge in [-0.05, 0) is 11.8 Å². The molecule has 66 valence electrons. The molecule has 0 aliphatic rings. The molecule has 0 aromatic heterocycles. The Balaban J connectivity index is 4.13. The molecule has 0 heterocycles. The topological polar surface area (TPSA) is 63.3 Å². The van der Waals surface area contributed by atoms with E-state index in [4.69, 9.17) is 10.8 Å². The fourth-order valence-electron chi connectivity index (χ4n) is 1.32. The molecule has 3 heteroatoms. The monoisotopic (exact) mass is 159 g/mol. The molecule has 1 unspecified atom stereocenters. The lowest BCUT2D eigenvalue weighted by Crippen LogP contribution is -2.40. The summed E-state index contributed by atoms with van der Waals surface area (Å²) in [4.78, 5) is 10.5. The van der Waals surface area contributed by atoms with Crippen molar-refractivity contribution in [2.24, 2.45) is 17.6 Å². The second kappa shape index (κ2) is 4.34. The van der Waals surface area contributed by atoms with E-state index in [-0.39, 0.29) is 5.92 Å². The minimum atomic E-state index is -0.898. The van der Waals surface area contributed by atoms with Gasteiger partial charge in [0.15, 0.2) is 0 Å². The minimum absolute atomic E-state index is 0.0903. The fourth-order valence-corrected chi connectivity index (χ4v) is 1.32.